The molecule has 2 fully saturated rings. The maximum absolute atomic E-state index is 12.6. The third-order valence-electron chi connectivity index (χ3n) is 7.10. The Labute approximate surface area is 226 Å². The highest BCUT2D eigenvalue weighted by molar-refractivity contribution is 7.80. The van der Waals surface area contributed by atoms with Gasteiger partial charge in [-0.2, -0.15) is 0 Å². The van der Waals surface area contributed by atoms with E-state index >= 15 is 0 Å². The summed E-state index contributed by atoms with van der Waals surface area (Å²) in [5.74, 6) is -0.196. The van der Waals surface area contributed by atoms with E-state index in [2.05, 4.69) is 5.32 Å². The molecule has 0 bridgehead atoms. The molecule has 1 aromatic heterocycles. The summed E-state index contributed by atoms with van der Waals surface area (Å²) in [5, 5.41) is 27.0. The van der Waals surface area contributed by atoms with Crippen molar-refractivity contribution in [1.82, 2.24) is 10.2 Å². The highest BCUT2D eigenvalue weighted by Crippen LogP contribution is 2.36. The third-order valence-corrected chi connectivity index (χ3v) is 9.32. The predicted molar refractivity (Wildman–Crippen MR) is 146 cm³/mol. The van der Waals surface area contributed by atoms with E-state index < -0.39 is 18.1 Å². The van der Waals surface area contributed by atoms with Crippen molar-refractivity contribution in [3.8, 4) is 0 Å². The van der Waals surface area contributed by atoms with Crippen LogP contribution in [0.15, 0.2) is 35.7 Å². The number of likely N-dealkylation sites (tertiary alicyclic amines) is 1. The van der Waals surface area contributed by atoms with Crippen LogP contribution < -0.4 is 5.32 Å². The number of carbonyl (C=O) groups excluding carboxylic acids is 1. The molecule has 3 N–H and O–H groups in total. The van der Waals surface area contributed by atoms with E-state index in [1.807, 2.05) is 40.6 Å². The Morgan fingerprint density at radius 1 is 1.20 bits per heavy atom. The molecule has 0 radical (unpaired) electrons. The number of benzene rings is 1. The van der Waals surface area contributed by atoms with Gasteiger partial charge in [0.25, 0.3) is 5.91 Å². The third kappa shape index (κ3) is 6.76. The van der Waals surface area contributed by atoms with E-state index in [-0.39, 0.29) is 23.0 Å². The predicted octanol–water partition coefficient (Wildman–Crippen LogP) is 4.92. The topological polar surface area (TPSA) is 72.8 Å². The largest absolute Gasteiger partial charge is 0.383 e. The number of aliphatic hydroxyl groups is 2. The molecule has 1 aromatic carbocycles. The first-order valence-corrected chi connectivity index (χ1v) is 14.3. The number of rotatable bonds is 8. The molecular formula is C26H32Cl2N2O3S2. The van der Waals surface area contributed by atoms with Gasteiger partial charge in [-0.05, 0) is 73.1 Å². The van der Waals surface area contributed by atoms with Gasteiger partial charge in [0.2, 0.25) is 0 Å². The highest BCUT2D eigenvalue weighted by atomic mass is 35.5. The molecule has 2 aliphatic rings. The zero-order valence-electron chi connectivity index (χ0n) is 19.5. The van der Waals surface area contributed by atoms with Gasteiger partial charge < -0.3 is 20.4 Å². The van der Waals surface area contributed by atoms with Gasteiger partial charge in [0.05, 0.1) is 6.54 Å². The van der Waals surface area contributed by atoms with Crippen molar-refractivity contribution in [2.24, 2.45) is 5.92 Å². The number of carbonyl (C=O) groups is 1. The number of aliphatic hydroxyl groups excluding tert-OH is 2. The van der Waals surface area contributed by atoms with Gasteiger partial charge in [-0.3, -0.25) is 4.79 Å². The molecule has 2 heterocycles. The summed E-state index contributed by atoms with van der Waals surface area (Å²) in [7, 11) is 0. The van der Waals surface area contributed by atoms with E-state index in [0.29, 0.717) is 12.3 Å². The average Bonchev–Trinajstić information content (AvgIpc) is 3.52. The number of amides is 1. The van der Waals surface area contributed by atoms with Crippen LogP contribution in [0, 0.1) is 5.92 Å². The van der Waals surface area contributed by atoms with E-state index in [4.69, 9.17) is 35.4 Å². The van der Waals surface area contributed by atoms with Crippen LogP contribution >= 0.6 is 46.8 Å². The molecule has 5 atom stereocenters. The zero-order valence-corrected chi connectivity index (χ0v) is 22.7. The van der Waals surface area contributed by atoms with Crippen molar-refractivity contribution in [2.75, 3.05) is 6.54 Å². The minimum Gasteiger partial charge on any atom is -0.383 e. The van der Waals surface area contributed by atoms with Crippen LogP contribution in [0.5, 0.6) is 0 Å². The van der Waals surface area contributed by atoms with Gasteiger partial charge in [0.15, 0.2) is 6.10 Å². The SMILES string of the molecule is O=C(NCc1cc(Cc2ccccc2Cl)cs1)[C@H](O)[C@@H](O)C(=S)N1CCCC1[C@H]1CCCC(Cl)C1. The minimum absolute atomic E-state index is 0.188. The van der Waals surface area contributed by atoms with Crippen molar-refractivity contribution in [3.63, 3.8) is 0 Å². The van der Waals surface area contributed by atoms with Crippen LogP contribution in [0.4, 0.5) is 0 Å². The van der Waals surface area contributed by atoms with Crippen LogP contribution in [-0.4, -0.2) is 56.2 Å². The molecule has 2 unspecified atom stereocenters. The van der Waals surface area contributed by atoms with E-state index in [1.54, 1.807) is 0 Å². The second-order valence-electron chi connectivity index (χ2n) is 9.56. The summed E-state index contributed by atoms with van der Waals surface area (Å²) < 4.78 is 0. The molecule has 190 valence electrons. The molecule has 1 saturated heterocycles. The van der Waals surface area contributed by atoms with Gasteiger partial charge in [-0.25, -0.2) is 0 Å². The first-order chi connectivity index (χ1) is 16.8. The second kappa shape index (κ2) is 12.3. The Bertz CT molecular complexity index is 1030. The fraction of sp³-hybridized carbons (Fsp3) is 0.538. The summed E-state index contributed by atoms with van der Waals surface area (Å²) in [6, 6.07) is 9.97. The van der Waals surface area contributed by atoms with E-state index in [1.165, 1.54) is 11.3 Å². The average molecular weight is 556 g/mol. The van der Waals surface area contributed by atoms with Gasteiger partial charge in [-0.1, -0.05) is 48.4 Å². The fourth-order valence-corrected chi connectivity index (χ4v) is 7.04. The van der Waals surface area contributed by atoms with E-state index in [9.17, 15) is 15.0 Å². The number of nitrogens with zero attached hydrogens (tertiary/aromatic N) is 1. The van der Waals surface area contributed by atoms with Crippen LogP contribution in [0.1, 0.15) is 54.5 Å². The molecule has 1 aliphatic heterocycles. The Morgan fingerprint density at radius 2 is 2.00 bits per heavy atom. The van der Waals surface area contributed by atoms with Crippen molar-refractivity contribution < 1.29 is 15.0 Å². The van der Waals surface area contributed by atoms with Crippen molar-refractivity contribution in [2.45, 2.75) is 75.1 Å². The Hall–Kier alpha value is -1.22. The summed E-state index contributed by atoms with van der Waals surface area (Å²) >= 11 is 19.8. The van der Waals surface area contributed by atoms with E-state index in [0.717, 1.165) is 66.1 Å². The minimum atomic E-state index is -1.61. The molecule has 1 aliphatic carbocycles. The molecule has 1 saturated carbocycles. The fourth-order valence-electron chi connectivity index (χ4n) is 5.27. The number of alkyl halides is 1. The monoisotopic (exact) mass is 554 g/mol. The Morgan fingerprint density at radius 3 is 2.77 bits per heavy atom. The number of thiocarbonyl (C=S) groups is 1. The normalized spacial score (nSPS) is 24.2. The lowest BCUT2D eigenvalue weighted by atomic mass is 9.82. The molecule has 4 rings (SSSR count). The Balaban J connectivity index is 1.29. The van der Waals surface area contributed by atoms with Gasteiger partial charge in [0.1, 0.15) is 11.1 Å². The maximum atomic E-state index is 12.6. The van der Waals surface area contributed by atoms with Gasteiger partial charge in [0, 0.05) is 27.9 Å². The number of halogens is 2. The lowest BCUT2D eigenvalue weighted by Crippen LogP contribution is -2.52. The van der Waals surface area contributed by atoms with Gasteiger partial charge >= 0.3 is 0 Å². The van der Waals surface area contributed by atoms with Crippen LogP contribution in [0.25, 0.3) is 0 Å². The summed E-state index contributed by atoms with van der Waals surface area (Å²) in [6.07, 6.45) is 3.86. The smallest absolute Gasteiger partial charge is 0.252 e. The number of hydrogen-bond acceptors (Lipinski definition) is 5. The maximum Gasteiger partial charge on any atom is 0.252 e. The lowest BCUT2D eigenvalue weighted by molar-refractivity contribution is -0.133. The number of nitrogens with one attached hydrogen (secondary N) is 1. The summed E-state index contributed by atoms with van der Waals surface area (Å²) in [4.78, 5) is 15.9. The second-order valence-corrected chi connectivity index (χ2v) is 12.0. The first-order valence-electron chi connectivity index (χ1n) is 12.2. The molecule has 1 amide bonds. The van der Waals surface area contributed by atoms with Crippen molar-refractivity contribution >= 4 is 57.7 Å². The molecule has 35 heavy (non-hydrogen) atoms. The first kappa shape index (κ1) is 26.8. The lowest BCUT2D eigenvalue weighted by Gasteiger charge is -2.38. The van der Waals surface area contributed by atoms with Crippen LogP contribution in [-0.2, 0) is 17.8 Å². The molecule has 5 nitrogen and oxygen atoms in total. The molecular weight excluding hydrogens is 523 g/mol. The quantitative estimate of drug-likeness (QED) is 0.319. The standard InChI is InChI=1S/C26H32Cl2N2O3S2/c27-19-7-3-6-18(13-19)22-9-4-10-30(22)26(34)24(32)23(31)25(33)29-14-20-12-16(15-35-20)11-17-5-1-2-8-21(17)28/h1-2,5,8,12,15,18-19,22-24,31-32H,3-4,6-7,9-11,13-14H2,(H,29,33)/t18-,19?,22?,23+,24+/m0/s1. The number of thiophene rings is 1. The van der Waals surface area contributed by atoms with Crippen molar-refractivity contribution in [1.29, 1.82) is 0 Å². The summed E-state index contributed by atoms with van der Waals surface area (Å²) in [5.41, 5.74) is 2.15. The van der Waals surface area contributed by atoms with Gasteiger partial charge in [-0.15, -0.1) is 22.9 Å². The highest BCUT2D eigenvalue weighted by Gasteiger charge is 2.39. The zero-order chi connectivity index (χ0) is 24.9. The van der Waals surface area contributed by atoms with Crippen LogP contribution in [0.3, 0.4) is 0 Å². The molecule has 9 heteroatoms. The molecule has 2 aromatic rings. The Kier molecular flexibility index (Phi) is 9.47. The van der Waals surface area contributed by atoms with Crippen molar-refractivity contribution in [3.05, 3.63) is 56.7 Å². The molecule has 0 spiro atoms. The van der Waals surface area contributed by atoms with Crippen LogP contribution in [0.2, 0.25) is 5.02 Å². The number of hydrogen-bond donors (Lipinski definition) is 3. The summed E-state index contributed by atoms with van der Waals surface area (Å²) in [6.45, 7) is 1.01.